The standard InChI is InChI=1S/C23H15Cl2N3O4S/c24-13-5-7-14(8-6-13)28(23(32)33)22(31)17-9-10-19(25)26-18(17)11-12-27-20(29)15-3-1-2-4-16(15)21(27)30/h1-10H,11-12H2,(H,32,33). The van der Waals surface area contributed by atoms with E-state index in [-0.39, 0.29) is 35.1 Å². The Bertz CT molecular complexity index is 1260. The number of anilines is 1. The Balaban J connectivity index is 1.62. The molecule has 0 unspecified atom stereocenters. The maximum Gasteiger partial charge on any atom is 0.290 e. The first-order valence-corrected chi connectivity index (χ1v) is 10.9. The van der Waals surface area contributed by atoms with Crippen LogP contribution in [0.25, 0.3) is 0 Å². The molecule has 33 heavy (non-hydrogen) atoms. The summed E-state index contributed by atoms with van der Waals surface area (Å²) in [6, 6.07) is 15.5. The largest absolute Gasteiger partial charge is 0.290 e. The van der Waals surface area contributed by atoms with Gasteiger partial charge < -0.3 is 0 Å². The van der Waals surface area contributed by atoms with Gasteiger partial charge in [-0.3, -0.25) is 24.1 Å². The third-order valence-electron chi connectivity index (χ3n) is 5.10. The normalized spacial score (nSPS) is 12.6. The van der Waals surface area contributed by atoms with Gasteiger partial charge >= 0.3 is 0 Å². The molecule has 0 saturated carbocycles. The Kier molecular flexibility index (Phi) is 6.51. The number of carbonyl (C=O) groups excluding carboxylic acids is 4. The number of pyridine rings is 1. The van der Waals surface area contributed by atoms with Crippen LogP contribution in [0.2, 0.25) is 10.2 Å². The van der Waals surface area contributed by atoms with Gasteiger partial charge in [-0.2, -0.15) is 0 Å². The van der Waals surface area contributed by atoms with Crippen molar-refractivity contribution in [3.8, 4) is 0 Å². The Labute approximate surface area is 204 Å². The maximum absolute atomic E-state index is 13.3. The van der Waals surface area contributed by atoms with E-state index in [9.17, 15) is 19.2 Å². The maximum atomic E-state index is 13.3. The second-order valence-corrected chi connectivity index (χ2v) is 8.29. The van der Waals surface area contributed by atoms with Crippen molar-refractivity contribution < 1.29 is 19.2 Å². The molecule has 7 nitrogen and oxygen atoms in total. The van der Waals surface area contributed by atoms with Gasteiger partial charge in [0.1, 0.15) is 5.15 Å². The summed E-state index contributed by atoms with van der Waals surface area (Å²) < 4.78 is 0. The topological polar surface area (TPSA) is 87.7 Å². The van der Waals surface area contributed by atoms with Crippen LogP contribution in [0.5, 0.6) is 0 Å². The van der Waals surface area contributed by atoms with Gasteiger partial charge in [0.25, 0.3) is 23.0 Å². The minimum absolute atomic E-state index is 0.0181. The van der Waals surface area contributed by atoms with Gasteiger partial charge in [-0.25, -0.2) is 9.88 Å². The molecule has 4 amide bonds. The Morgan fingerprint density at radius 2 is 1.52 bits per heavy atom. The van der Waals surface area contributed by atoms with Crippen molar-refractivity contribution in [2.45, 2.75) is 6.42 Å². The van der Waals surface area contributed by atoms with Crippen molar-refractivity contribution in [3.05, 3.63) is 93.2 Å². The lowest BCUT2D eigenvalue weighted by atomic mass is 10.1. The van der Waals surface area contributed by atoms with E-state index in [1.165, 1.54) is 36.4 Å². The second-order valence-electron chi connectivity index (χ2n) is 7.09. The summed E-state index contributed by atoms with van der Waals surface area (Å²) in [6.45, 7) is -0.0181. The van der Waals surface area contributed by atoms with Gasteiger partial charge in [-0.1, -0.05) is 48.0 Å². The zero-order valence-corrected chi connectivity index (χ0v) is 19.3. The predicted molar refractivity (Wildman–Crippen MR) is 127 cm³/mol. The van der Waals surface area contributed by atoms with Crippen LogP contribution in [-0.2, 0) is 6.42 Å². The molecule has 0 atom stereocenters. The number of imide groups is 2. The average molecular weight is 500 g/mol. The molecule has 10 heteroatoms. The highest BCUT2D eigenvalue weighted by molar-refractivity contribution is 7.97. The number of carbonyl (C=O) groups is 4. The van der Waals surface area contributed by atoms with Crippen molar-refractivity contribution in [2.75, 3.05) is 11.4 Å². The van der Waals surface area contributed by atoms with E-state index >= 15 is 0 Å². The molecule has 0 bridgehead atoms. The molecule has 0 fully saturated rings. The van der Waals surface area contributed by atoms with Crippen LogP contribution < -0.4 is 4.90 Å². The SMILES string of the molecule is O=C1c2ccccc2C(=O)N1CCc1nc(Cl)ccc1C(=O)N(C(=O)S)c1ccc(Cl)cc1. The van der Waals surface area contributed by atoms with E-state index < -0.39 is 23.0 Å². The second kappa shape index (κ2) is 9.35. The van der Waals surface area contributed by atoms with Gasteiger partial charge in [-0.15, -0.1) is 0 Å². The van der Waals surface area contributed by atoms with E-state index in [1.54, 1.807) is 24.3 Å². The van der Waals surface area contributed by atoms with Gasteiger partial charge in [0, 0.05) is 18.0 Å². The van der Waals surface area contributed by atoms with Crippen LogP contribution >= 0.6 is 35.8 Å². The fraction of sp³-hybridized carbons (Fsp3) is 0.0870. The fourth-order valence-electron chi connectivity index (χ4n) is 3.55. The van der Waals surface area contributed by atoms with Crippen molar-refractivity contribution >= 4 is 64.5 Å². The molecule has 0 N–H and O–H groups in total. The minimum Gasteiger partial charge on any atom is -0.274 e. The summed E-state index contributed by atoms with van der Waals surface area (Å²) in [6.07, 6.45) is 0.0579. The number of fused-ring (bicyclic) bond motifs is 1. The van der Waals surface area contributed by atoms with Crippen molar-refractivity contribution in [1.29, 1.82) is 0 Å². The molecular formula is C23H15Cl2N3O4S. The first kappa shape index (κ1) is 23.0. The van der Waals surface area contributed by atoms with E-state index in [1.807, 2.05) is 0 Å². The monoisotopic (exact) mass is 499 g/mol. The minimum atomic E-state index is -0.802. The third-order valence-corrected chi connectivity index (χ3v) is 5.76. The zero-order valence-electron chi connectivity index (χ0n) is 16.9. The lowest BCUT2D eigenvalue weighted by molar-refractivity contribution is 0.0655. The molecule has 166 valence electrons. The van der Waals surface area contributed by atoms with Gasteiger partial charge in [-0.05, 0) is 48.5 Å². The highest BCUT2D eigenvalue weighted by Gasteiger charge is 2.35. The molecule has 2 aromatic carbocycles. The molecule has 3 aromatic rings. The number of amides is 4. The highest BCUT2D eigenvalue weighted by atomic mass is 35.5. The molecule has 0 spiro atoms. The number of thiol groups is 1. The third kappa shape index (κ3) is 4.50. The summed E-state index contributed by atoms with van der Waals surface area (Å²) in [5, 5.41) is -0.240. The van der Waals surface area contributed by atoms with E-state index in [2.05, 4.69) is 17.6 Å². The number of aromatic nitrogens is 1. The van der Waals surface area contributed by atoms with E-state index in [0.717, 1.165) is 9.80 Å². The quantitative estimate of drug-likeness (QED) is 0.305. The predicted octanol–water partition coefficient (Wildman–Crippen LogP) is 4.92. The van der Waals surface area contributed by atoms with Gasteiger partial charge in [0.2, 0.25) is 0 Å². The Hall–Kier alpha value is -3.20. The van der Waals surface area contributed by atoms with Crippen LogP contribution in [0.3, 0.4) is 0 Å². The average Bonchev–Trinajstić information content (AvgIpc) is 3.03. The zero-order chi connectivity index (χ0) is 23.7. The van der Waals surface area contributed by atoms with Crippen molar-refractivity contribution in [3.63, 3.8) is 0 Å². The lowest BCUT2D eigenvalue weighted by Gasteiger charge is -2.21. The number of benzene rings is 2. The molecule has 4 rings (SSSR count). The Morgan fingerprint density at radius 3 is 2.09 bits per heavy atom. The van der Waals surface area contributed by atoms with Crippen molar-refractivity contribution in [2.24, 2.45) is 0 Å². The lowest BCUT2D eigenvalue weighted by Crippen LogP contribution is -2.35. The van der Waals surface area contributed by atoms with Crippen LogP contribution in [0, 0.1) is 0 Å². The molecule has 0 aliphatic carbocycles. The number of nitrogens with zero attached hydrogens (tertiary/aromatic N) is 3. The van der Waals surface area contributed by atoms with Crippen molar-refractivity contribution in [1.82, 2.24) is 9.88 Å². The van der Waals surface area contributed by atoms with Crippen LogP contribution in [0.1, 0.15) is 36.8 Å². The fourth-order valence-corrected chi connectivity index (χ4v) is 4.04. The van der Waals surface area contributed by atoms with E-state index in [4.69, 9.17) is 23.2 Å². The first-order valence-electron chi connectivity index (χ1n) is 9.71. The summed E-state index contributed by atoms with van der Waals surface area (Å²) in [5.41, 5.74) is 1.25. The van der Waals surface area contributed by atoms with Gasteiger partial charge in [0.05, 0.1) is 28.1 Å². The smallest absolute Gasteiger partial charge is 0.274 e. The molecule has 1 aromatic heterocycles. The molecule has 2 heterocycles. The molecule has 1 aliphatic rings. The van der Waals surface area contributed by atoms with Crippen LogP contribution in [-0.4, -0.2) is 39.4 Å². The van der Waals surface area contributed by atoms with Crippen LogP contribution in [0.4, 0.5) is 10.5 Å². The Morgan fingerprint density at radius 1 is 0.909 bits per heavy atom. The molecule has 0 radical (unpaired) electrons. The summed E-state index contributed by atoms with van der Waals surface area (Å²) in [5.74, 6) is -1.52. The highest BCUT2D eigenvalue weighted by Crippen LogP contribution is 2.25. The number of hydrogen-bond donors (Lipinski definition) is 1. The molecular weight excluding hydrogens is 485 g/mol. The number of hydrogen-bond acceptors (Lipinski definition) is 5. The number of halogens is 2. The summed E-state index contributed by atoms with van der Waals surface area (Å²) in [4.78, 5) is 57.0. The molecule has 1 aliphatic heterocycles. The summed E-state index contributed by atoms with van der Waals surface area (Å²) >= 11 is 15.8. The molecule has 0 saturated heterocycles. The summed E-state index contributed by atoms with van der Waals surface area (Å²) in [7, 11) is 0. The van der Waals surface area contributed by atoms with Crippen LogP contribution in [0.15, 0.2) is 60.7 Å². The van der Waals surface area contributed by atoms with E-state index in [0.29, 0.717) is 16.1 Å². The first-order chi connectivity index (χ1) is 15.8. The number of rotatable bonds is 5. The van der Waals surface area contributed by atoms with Gasteiger partial charge in [0.15, 0.2) is 0 Å².